The van der Waals surface area contributed by atoms with Crippen molar-refractivity contribution in [2.75, 3.05) is 6.54 Å². The van der Waals surface area contributed by atoms with E-state index in [1.54, 1.807) is 0 Å². The zero-order valence-corrected chi connectivity index (χ0v) is 15.0. The highest BCUT2D eigenvalue weighted by atomic mass is 16.3. The van der Waals surface area contributed by atoms with E-state index < -0.39 is 0 Å². The van der Waals surface area contributed by atoms with Gasteiger partial charge < -0.3 is 9.40 Å². The topological polar surface area (TPSA) is 62.1 Å². The lowest BCUT2D eigenvalue weighted by atomic mass is 10.1. The van der Waals surface area contributed by atoms with Gasteiger partial charge in [0.05, 0.1) is 17.8 Å². The molecule has 1 aliphatic rings. The maximum atomic E-state index is 12.4. The second-order valence-electron chi connectivity index (χ2n) is 6.78. The molecule has 0 unspecified atom stereocenters. The second-order valence-corrected chi connectivity index (χ2v) is 6.78. The fraction of sp³-hybridized carbons (Fsp3) is 0.333. The highest BCUT2D eigenvalue weighted by Gasteiger charge is 2.22. The number of rotatable bonds is 5. The van der Waals surface area contributed by atoms with Crippen LogP contribution >= 0.6 is 0 Å². The summed E-state index contributed by atoms with van der Waals surface area (Å²) < 4.78 is 6.00. The van der Waals surface area contributed by atoms with Crippen molar-refractivity contribution in [3.05, 3.63) is 75.7 Å². The Hall–Kier alpha value is -2.66. The molecule has 1 N–H and O–H groups in total. The van der Waals surface area contributed by atoms with E-state index in [9.17, 15) is 4.79 Å². The number of aromatic nitrogens is 2. The van der Waals surface area contributed by atoms with E-state index in [0.717, 1.165) is 60.0 Å². The molecule has 4 rings (SSSR count). The number of H-pyrrole nitrogens is 1. The molecule has 0 amide bonds. The van der Waals surface area contributed by atoms with Gasteiger partial charge >= 0.3 is 0 Å². The Morgan fingerprint density at radius 1 is 1.19 bits per heavy atom. The molecule has 0 atom stereocenters. The quantitative estimate of drug-likeness (QED) is 0.765. The van der Waals surface area contributed by atoms with Crippen LogP contribution in [0.2, 0.25) is 0 Å². The highest BCUT2D eigenvalue weighted by Crippen LogP contribution is 2.24. The van der Waals surface area contributed by atoms with Crippen LogP contribution in [0.25, 0.3) is 11.3 Å². The fourth-order valence-corrected chi connectivity index (χ4v) is 3.46. The number of nitrogens with zero attached hydrogens (tertiary/aromatic N) is 2. The Bertz CT molecular complexity index is 943. The fourth-order valence-electron chi connectivity index (χ4n) is 3.46. The molecular formula is C21H23N3O2. The van der Waals surface area contributed by atoms with Gasteiger partial charge in [-0.3, -0.25) is 9.69 Å². The van der Waals surface area contributed by atoms with Crippen molar-refractivity contribution in [3.63, 3.8) is 0 Å². The van der Waals surface area contributed by atoms with Gasteiger partial charge in [0.2, 0.25) is 0 Å². The number of benzene rings is 1. The van der Waals surface area contributed by atoms with E-state index in [1.807, 2.05) is 42.5 Å². The highest BCUT2D eigenvalue weighted by molar-refractivity contribution is 5.57. The normalized spacial score (nSPS) is 14.3. The zero-order valence-electron chi connectivity index (χ0n) is 15.0. The van der Waals surface area contributed by atoms with Crippen molar-refractivity contribution >= 4 is 0 Å². The van der Waals surface area contributed by atoms with Crippen LogP contribution in [0.15, 0.2) is 51.7 Å². The third-order valence-electron chi connectivity index (χ3n) is 4.78. The molecule has 0 saturated heterocycles. The molecule has 3 heterocycles. The van der Waals surface area contributed by atoms with Crippen LogP contribution < -0.4 is 5.56 Å². The Morgan fingerprint density at radius 3 is 2.85 bits per heavy atom. The number of aryl methyl sites for hydroxylation is 1. The number of hydrogen-bond donors (Lipinski definition) is 1. The Morgan fingerprint density at radius 2 is 2.04 bits per heavy atom. The Labute approximate surface area is 152 Å². The third-order valence-corrected chi connectivity index (χ3v) is 4.78. The maximum Gasteiger partial charge on any atom is 0.255 e. The molecule has 0 radical (unpaired) electrons. The van der Waals surface area contributed by atoms with Gasteiger partial charge in [-0.05, 0) is 18.6 Å². The Balaban J connectivity index is 1.48. The molecular weight excluding hydrogens is 326 g/mol. The summed E-state index contributed by atoms with van der Waals surface area (Å²) in [6.07, 6.45) is 2.61. The minimum Gasteiger partial charge on any atom is -0.460 e. The molecule has 1 aliphatic heterocycles. The summed E-state index contributed by atoms with van der Waals surface area (Å²) in [5, 5.41) is 0. The lowest BCUT2D eigenvalue weighted by Crippen LogP contribution is -2.35. The van der Waals surface area contributed by atoms with Gasteiger partial charge in [-0.15, -0.1) is 0 Å². The molecule has 1 aromatic carbocycles. The molecule has 0 aliphatic carbocycles. The predicted molar refractivity (Wildman–Crippen MR) is 101 cm³/mol. The minimum atomic E-state index is 0.00701. The van der Waals surface area contributed by atoms with Crippen molar-refractivity contribution in [1.29, 1.82) is 0 Å². The van der Waals surface area contributed by atoms with Gasteiger partial charge in [0.1, 0.15) is 17.3 Å². The van der Waals surface area contributed by atoms with E-state index >= 15 is 0 Å². The first kappa shape index (κ1) is 16.8. The van der Waals surface area contributed by atoms with Crippen LogP contribution in [-0.4, -0.2) is 21.4 Å². The predicted octanol–water partition coefficient (Wildman–Crippen LogP) is 3.54. The van der Waals surface area contributed by atoms with Crippen molar-refractivity contribution in [2.45, 2.75) is 39.3 Å². The zero-order chi connectivity index (χ0) is 17.9. The molecule has 0 bridgehead atoms. The number of furan rings is 1. The van der Waals surface area contributed by atoms with Gasteiger partial charge in [0, 0.05) is 31.5 Å². The largest absolute Gasteiger partial charge is 0.460 e. The van der Waals surface area contributed by atoms with E-state index in [1.165, 1.54) is 0 Å². The van der Waals surface area contributed by atoms with Crippen LogP contribution in [0.3, 0.4) is 0 Å². The smallest absolute Gasteiger partial charge is 0.255 e. The average molecular weight is 349 g/mol. The minimum absolute atomic E-state index is 0.00701. The monoisotopic (exact) mass is 349 g/mol. The molecule has 26 heavy (non-hydrogen) atoms. The molecule has 0 saturated carbocycles. The summed E-state index contributed by atoms with van der Waals surface area (Å²) in [4.78, 5) is 22.2. The van der Waals surface area contributed by atoms with Gasteiger partial charge in [-0.2, -0.15) is 0 Å². The van der Waals surface area contributed by atoms with E-state index in [4.69, 9.17) is 4.42 Å². The molecule has 5 nitrogen and oxygen atoms in total. The number of aromatic amines is 1. The van der Waals surface area contributed by atoms with Crippen LogP contribution in [0.1, 0.15) is 36.2 Å². The van der Waals surface area contributed by atoms with Crippen molar-refractivity contribution < 1.29 is 4.42 Å². The Kier molecular flexibility index (Phi) is 4.71. The number of nitrogens with one attached hydrogen (secondary N) is 1. The second kappa shape index (κ2) is 7.30. The molecule has 0 spiro atoms. The lowest BCUT2D eigenvalue weighted by Gasteiger charge is -2.26. The van der Waals surface area contributed by atoms with Crippen molar-refractivity contribution in [2.24, 2.45) is 0 Å². The van der Waals surface area contributed by atoms with Crippen molar-refractivity contribution in [1.82, 2.24) is 14.9 Å². The van der Waals surface area contributed by atoms with Crippen LogP contribution in [0.5, 0.6) is 0 Å². The molecule has 0 fully saturated rings. The van der Waals surface area contributed by atoms with Crippen LogP contribution in [0, 0.1) is 0 Å². The summed E-state index contributed by atoms with van der Waals surface area (Å²) in [6, 6.07) is 14.1. The summed E-state index contributed by atoms with van der Waals surface area (Å²) in [7, 11) is 0. The first-order valence-corrected chi connectivity index (χ1v) is 9.20. The lowest BCUT2D eigenvalue weighted by molar-refractivity contribution is 0.223. The van der Waals surface area contributed by atoms with Crippen LogP contribution in [-0.2, 0) is 25.9 Å². The van der Waals surface area contributed by atoms with Gasteiger partial charge in [0.15, 0.2) is 0 Å². The third kappa shape index (κ3) is 3.48. The molecule has 134 valence electrons. The molecule has 5 heteroatoms. The van der Waals surface area contributed by atoms with E-state index in [-0.39, 0.29) is 5.56 Å². The first-order valence-electron chi connectivity index (χ1n) is 9.20. The summed E-state index contributed by atoms with van der Waals surface area (Å²) in [5.74, 6) is 2.60. The maximum absolute atomic E-state index is 12.4. The van der Waals surface area contributed by atoms with Crippen LogP contribution in [0.4, 0.5) is 0 Å². The van der Waals surface area contributed by atoms with E-state index in [2.05, 4.69) is 21.8 Å². The number of fused-ring (bicyclic) bond motifs is 1. The van der Waals surface area contributed by atoms with Gasteiger partial charge in [0.25, 0.3) is 5.56 Å². The summed E-state index contributed by atoms with van der Waals surface area (Å²) in [5.41, 5.74) is 2.84. The van der Waals surface area contributed by atoms with Crippen molar-refractivity contribution in [3.8, 4) is 11.3 Å². The van der Waals surface area contributed by atoms with Gasteiger partial charge in [-0.1, -0.05) is 37.3 Å². The standard InChI is InChI=1S/C21H23N3O2/c1-2-6-20-22-18-11-12-24(14-17(18)21(25)23-20)13-16-9-10-19(26-16)15-7-4-3-5-8-15/h3-5,7-10H,2,6,11-14H2,1H3,(H,22,23,25). The first-order chi connectivity index (χ1) is 12.7. The summed E-state index contributed by atoms with van der Waals surface area (Å²) >= 11 is 0. The van der Waals surface area contributed by atoms with Gasteiger partial charge in [-0.25, -0.2) is 4.98 Å². The summed E-state index contributed by atoms with van der Waals surface area (Å²) in [6.45, 7) is 4.29. The molecule has 2 aromatic heterocycles. The van der Waals surface area contributed by atoms with E-state index in [0.29, 0.717) is 13.1 Å². The molecule has 3 aromatic rings. The average Bonchev–Trinajstić information content (AvgIpc) is 3.12. The number of hydrogen-bond acceptors (Lipinski definition) is 4. The SMILES string of the molecule is CCCc1nc2c(c(=O)[nH]1)CN(Cc1ccc(-c3ccccc3)o1)CC2.